The molecule has 2 heterocycles. The van der Waals surface area contributed by atoms with Crippen molar-refractivity contribution in [1.29, 1.82) is 5.41 Å². The summed E-state index contributed by atoms with van der Waals surface area (Å²) in [6.45, 7) is 11.0. The maximum absolute atomic E-state index is 12.4. The summed E-state index contributed by atoms with van der Waals surface area (Å²) in [5, 5.41) is 12.1. The average molecular weight is 526 g/mol. The Morgan fingerprint density at radius 3 is 2.28 bits per heavy atom. The van der Waals surface area contributed by atoms with Gasteiger partial charge in [0.1, 0.15) is 12.4 Å². The third kappa shape index (κ3) is 7.83. The monoisotopic (exact) mass is 525 g/mol. The number of aliphatic imine (C=N–C) groups is 1. The second-order valence-electron chi connectivity index (χ2n) is 10.6. The number of nitrogens with zero attached hydrogens (tertiary/aromatic N) is 3. The van der Waals surface area contributed by atoms with Crippen molar-refractivity contribution in [2.75, 3.05) is 26.2 Å². The molecule has 39 heavy (non-hydrogen) atoms. The number of amides is 1. The topological polar surface area (TPSA) is 90.7 Å². The highest BCUT2D eigenvalue weighted by Gasteiger charge is 2.28. The summed E-state index contributed by atoms with van der Waals surface area (Å²) in [7, 11) is 0. The van der Waals surface area contributed by atoms with Crippen LogP contribution in [0, 0.1) is 5.41 Å². The van der Waals surface area contributed by atoms with Gasteiger partial charge in [-0.3, -0.25) is 19.7 Å². The zero-order valence-electron chi connectivity index (χ0n) is 23.4. The summed E-state index contributed by atoms with van der Waals surface area (Å²) >= 11 is 0. The minimum Gasteiger partial charge on any atom is -0.489 e. The molecule has 1 atom stereocenters. The van der Waals surface area contributed by atoms with Crippen molar-refractivity contribution in [2.24, 2.45) is 4.99 Å². The summed E-state index contributed by atoms with van der Waals surface area (Å²) in [6.07, 6.45) is 3.41. The Hall–Kier alpha value is -3.84. The maximum Gasteiger partial charge on any atom is 0.234 e. The SMILES string of the molecule is CC(C)NC(=O)CN1CCN=C(C(C(=N)c2ccncc2)c2ccc(OCc3ccc(C(C)C)cc3)cc2)C1. The molecule has 0 aliphatic carbocycles. The Bertz CT molecular complexity index is 1270. The Kier molecular flexibility index (Phi) is 9.60. The zero-order chi connectivity index (χ0) is 27.8. The molecule has 1 unspecified atom stereocenters. The molecule has 0 bridgehead atoms. The van der Waals surface area contributed by atoms with Crippen molar-refractivity contribution < 1.29 is 9.53 Å². The van der Waals surface area contributed by atoms with Crippen molar-refractivity contribution in [3.63, 3.8) is 0 Å². The van der Waals surface area contributed by atoms with Crippen molar-refractivity contribution >= 4 is 17.3 Å². The quantitative estimate of drug-likeness (QED) is 0.336. The van der Waals surface area contributed by atoms with Gasteiger partial charge in [0.15, 0.2) is 0 Å². The Balaban J connectivity index is 1.51. The molecule has 0 fully saturated rings. The fourth-order valence-electron chi connectivity index (χ4n) is 4.73. The highest BCUT2D eigenvalue weighted by molar-refractivity contribution is 6.18. The maximum atomic E-state index is 12.4. The van der Waals surface area contributed by atoms with Gasteiger partial charge in [0, 0.05) is 37.2 Å². The van der Waals surface area contributed by atoms with Crippen LogP contribution in [0.25, 0.3) is 0 Å². The van der Waals surface area contributed by atoms with Gasteiger partial charge in [0.2, 0.25) is 5.91 Å². The summed E-state index contributed by atoms with van der Waals surface area (Å²) in [5.41, 5.74) is 5.56. The fourth-order valence-corrected chi connectivity index (χ4v) is 4.73. The van der Waals surface area contributed by atoms with E-state index >= 15 is 0 Å². The first kappa shape index (κ1) is 28.2. The molecule has 7 heteroatoms. The van der Waals surface area contributed by atoms with Gasteiger partial charge in [-0.15, -0.1) is 0 Å². The van der Waals surface area contributed by atoms with E-state index in [9.17, 15) is 4.79 Å². The third-order valence-electron chi connectivity index (χ3n) is 6.81. The number of carbonyl (C=O) groups excluding carboxylic acids is 1. The molecule has 0 saturated carbocycles. The standard InChI is InChI=1S/C32H39N5O2/c1-22(2)25-7-5-24(6-8-25)21-39-28-11-9-26(10-12-28)31(32(33)27-13-15-34-16-14-27)29-19-37(18-17-35-29)20-30(38)36-23(3)4/h5-16,22-23,31,33H,17-21H2,1-4H3,(H,36,38). The van der Waals surface area contributed by atoms with Crippen molar-refractivity contribution in [3.05, 3.63) is 95.3 Å². The van der Waals surface area contributed by atoms with Crippen LogP contribution in [0.4, 0.5) is 0 Å². The first-order valence-corrected chi connectivity index (χ1v) is 13.7. The number of nitrogens with one attached hydrogen (secondary N) is 2. The lowest BCUT2D eigenvalue weighted by Crippen LogP contribution is -2.46. The molecule has 0 spiro atoms. The van der Waals surface area contributed by atoms with Crippen LogP contribution in [-0.4, -0.2) is 59.4 Å². The van der Waals surface area contributed by atoms with Crippen molar-refractivity contribution in [2.45, 2.75) is 52.2 Å². The van der Waals surface area contributed by atoms with Gasteiger partial charge in [-0.05, 0) is 66.3 Å². The van der Waals surface area contributed by atoms with Crippen LogP contribution in [0.1, 0.15) is 61.8 Å². The van der Waals surface area contributed by atoms with Gasteiger partial charge in [-0.1, -0.05) is 50.2 Å². The summed E-state index contributed by atoms with van der Waals surface area (Å²) in [6, 6.07) is 20.3. The molecule has 2 aromatic carbocycles. The van der Waals surface area contributed by atoms with Crippen LogP contribution in [0.2, 0.25) is 0 Å². The van der Waals surface area contributed by atoms with E-state index in [-0.39, 0.29) is 17.9 Å². The smallest absolute Gasteiger partial charge is 0.234 e. The first-order valence-electron chi connectivity index (χ1n) is 13.7. The van der Waals surface area contributed by atoms with Crippen LogP contribution >= 0.6 is 0 Å². The number of carbonyl (C=O) groups is 1. The van der Waals surface area contributed by atoms with Crippen LogP contribution in [0.5, 0.6) is 5.75 Å². The number of aromatic nitrogens is 1. The number of rotatable bonds is 11. The lowest BCUT2D eigenvalue weighted by Gasteiger charge is -2.30. The van der Waals surface area contributed by atoms with E-state index < -0.39 is 0 Å². The van der Waals surface area contributed by atoms with Gasteiger partial charge in [0.05, 0.1) is 24.7 Å². The van der Waals surface area contributed by atoms with Gasteiger partial charge in [0.25, 0.3) is 0 Å². The van der Waals surface area contributed by atoms with Gasteiger partial charge >= 0.3 is 0 Å². The summed E-state index contributed by atoms with van der Waals surface area (Å²) in [5.74, 6) is 0.955. The highest BCUT2D eigenvalue weighted by Crippen LogP contribution is 2.27. The zero-order valence-corrected chi connectivity index (χ0v) is 23.4. The van der Waals surface area contributed by atoms with E-state index in [1.165, 1.54) is 5.56 Å². The van der Waals surface area contributed by atoms with E-state index in [0.717, 1.165) is 34.7 Å². The number of benzene rings is 2. The number of hydrogen-bond donors (Lipinski definition) is 2. The van der Waals surface area contributed by atoms with Crippen LogP contribution in [0.15, 0.2) is 78.0 Å². The molecule has 1 amide bonds. The lowest BCUT2D eigenvalue weighted by atomic mass is 9.85. The second-order valence-corrected chi connectivity index (χ2v) is 10.6. The van der Waals surface area contributed by atoms with Gasteiger partial charge < -0.3 is 15.5 Å². The average Bonchev–Trinajstić information content (AvgIpc) is 2.93. The summed E-state index contributed by atoms with van der Waals surface area (Å²) < 4.78 is 6.07. The number of hydrogen-bond acceptors (Lipinski definition) is 6. The normalized spacial score (nSPS) is 14.7. The van der Waals surface area contributed by atoms with E-state index in [1.54, 1.807) is 12.4 Å². The minimum absolute atomic E-state index is 0.00681. The van der Waals surface area contributed by atoms with Crippen molar-refractivity contribution in [1.82, 2.24) is 15.2 Å². The molecule has 2 N–H and O–H groups in total. The Morgan fingerprint density at radius 1 is 0.974 bits per heavy atom. The molecule has 204 valence electrons. The van der Waals surface area contributed by atoms with E-state index in [2.05, 4.69) is 53.3 Å². The lowest BCUT2D eigenvalue weighted by molar-refractivity contribution is -0.122. The molecule has 1 aromatic heterocycles. The molecule has 3 aromatic rings. The predicted octanol–water partition coefficient (Wildman–Crippen LogP) is 5.22. The van der Waals surface area contributed by atoms with Gasteiger partial charge in [-0.25, -0.2) is 0 Å². The number of ether oxygens (including phenoxy) is 1. The number of pyridine rings is 1. The first-order chi connectivity index (χ1) is 18.8. The Labute approximate surface area is 231 Å². The van der Waals surface area contributed by atoms with Crippen molar-refractivity contribution in [3.8, 4) is 5.75 Å². The predicted molar refractivity (Wildman–Crippen MR) is 157 cm³/mol. The largest absolute Gasteiger partial charge is 0.489 e. The molecule has 1 aliphatic heterocycles. The van der Waals surface area contributed by atoms with Crippen LogP contribution in [0.3, 0.4) is 0 Å². The molecule has 0 radical (unpaired) electrons. The fraction of sp³-hybridized carbons (Fsp3) is 0.375. The van der Waals surface area contributed by atoms with E-state index in [1.807, 2.05) is 50.2 Å². The third-order valence-corrected chi connectivity index (χ3v) is 6.81. The van der Waals surface area contributed by atoms with Crippen LogP contribution < -0.4 is 10.1 Å². The molecule has 1 aliphatic rings. The Morgan fingerprint density at radius 2 is 1.64 bits per heavy atom. The second kappa shape index (κ2) is 13.3. The molecular weight excluding hydrogens is 486 g/mol. The molecule has 0 saturated heterocycles. The molecule has 7 nitrogen and oxygen atoms in total. The highest BCUT2D eigenvalue weighted by atomic mass is 16.5. The van der Waals surface area contributed by atoms with E-state index in [0.29, 0.717) is 37.9 Å². The molecular formula is C32H39N5O2. The minimum atomic E-state index is -0.332. The van der Waals surface area contributed by atoms with E-state index in [4.69, 9.17) is 15.1 Å². The van der Waals surface area contributed by atoms with Crippen LogP contribution in [-0.2, 0) is 11.4 Å². The van der Waals surface area contributed by atoms with Gasteiger partial charge in [-0.2, -0.15) is 0 Å². The summed E-state index contributed by atoms with van der Waals surface area (Å²) in [4.78, 5) is 23.5. The molecule has 4 rings (SSSR count).